The highest BCUT2D eigenvalue weighted by Crippen LogP contribution is 2.39. The second kappa shape index (κ2) is 24.2. The van der Waals surface area contributed by atoms with Crippen molar-refractivity contribution in [2.24, 2.45) is 0 Å². The van der Waals surface area contributed by atoms with E-state index in [1.165, 1.54) is 88.1 Å². The SMILES string of the molecule is O=C(NO)C1(S(=O)(=O)c2ccc(OCCCc3cccc(-c4cc5ccccc5s4)c3)cc2)CCOCC1.O=C(NO)C1(S(=O)(=O)c2ccc(OCCCc3cccc(-c4csc5ccccc45)c3)cc2)CCOCC1. The van der Waals surface area contributed by atoms with Crippen LogP contribution >= 0.6 is 22.7 Å². The highest BCUT2D eigenvalue weighted by Gasteiger charge is 2.53. The van der Waals surface area contributed by atoms with E-state index in [-0.39, 0.29) is 61.9 Å². The van der Waals surface area contributed by atoms with E-state index >= 15 is 0 Å². The zero-order valence-corrected chi connectivity index (χ0v) is 44.8. The van der Waals surface area contributed by atoms with E-state index in [1.54, 1.807) is 46.9 Å². The molecule has 396 valence electrons. The summed E-state index contributed by atoms with van der Waals surface area (Å²) >= 11 is 3.54. The molecule has 14 nitrogen and oxygen atoms in total. The molecule has 2 aliphatic heterocycles. The fraction of sp³-hybridized carbons (Fsp3) is 0.276. The number of hydrogen-bond donors (Lipinski definition) is 4. The summed E-state index contributed by atoms with van der Waals surface area (Å²) < 4.78 is 74.7. The molecule has 0 bridgehead atoms. The first-order valence-corrected chi connectivity index (χ1v) is 29.7. The van der Waals surface area contributed by atoms with Crippen LogP contribution in [0.3, 0.4) is 0 Å². The highest BCUT2D eigenvalue weighted by atomic mass is 32.2. The van der Waals surface area contributed by atoms with E-state index < -0.39 is 41.0 Å². The molecule has 0 atom stereocenters. The Balaban J connectivity index is 0.000000186. The molecule has 8 aromatic rings. The van der Waals surface area contributed by atoms with Crippen LogP contribution in [0.25, 0.3) is 41.7 Å². The van der Waals surface area contributed by atoms with E-state index in [1.807, 2.05) is 0 Å². The van der Waals surface area contributed by atoms with Crippen LogP contribution in [0.4, 0.5) is 0 Å². The molecule has 0 unspecified atom stereocenters. The smallest absolute Gasteiger partial charge is 0.265 e. The van der Waals surface area contributed by atoms with Gasteiger partial charge in [-0.1, -0.05) is 84.9 Å². The van der Waals surface area contributed by atoms with Crippen molar-refractivity contribution in [1.82, 2.24) is 11.0 Å². The molecule has 10 rings (SSSR count). The number of aryl methyl sites for hydroxylation is 2. The minimum absolute atomic E-state index is 0.00752. The number of thiophene rings is 2. The van der Waals surface area contributed by atoms with Crippen molar-refractivity contribution in [2.45, 2.75) is 70.7 Å². The molecule has 2 aliphatic rings. The Morgan fingerprint density at radius 1 is 0.553 bits per heavy atom. The predicted octanol–water partition coefficient (Wildman–Crippen LogP) is 10.8. The van der Waals surface area contributed by atoms with Gasteiger partial charge in [0.1, 0.15) is 11.5 Å². The third-order valence-corrected chi connectivity index (χ3v) is 21.2. The Labute approximate surface area is 450 Å². The van der Waals surface area contributed by atoms with E-state index in [4.69, 9.17) is 18.9 Å². The van der Waals surface area contributed by atoms with Crippen molar-refractivity contribution in [3.63, 3.8) is 0 Å². The van der Waals surface area contributed by atoms with Crippen LogP contribution in [0.15, 0.2) is 167 Å². The largest absolute Gasteiger partial charge is 0.494 e. The fourth-order valence-electron chi connectivity index (χ4n) is 9.76. The van der Waals surface area contributed by atoms with Gasteiger partial charge in [-0.15, -0.1) is 22.7 Å². The van der Waals surface area contributed by atoms with E-state index in [9.17, 15) is 36.8 Å². The molecule has 18 heteroatoms. The molecule has 0 spiro atoms. The van der Waals surface area contributed by atoms with Crippen molar-refractivity contribution in [1.29, 1.82) is 0 Å². The number of hydrogen-bond acceptors (Lipinski definition) is 14. The molecule has 2 saturated heterocycles. The Morgan fingerprint density at radius 2 is 1.03 bits per heavy atom. The van der Waals surface area contributed by atoms with Gasteiger partial charge in [0.05, 0.1) is 23.0 Å². The summed E-state index contributed by atoms with van der Waals surface area (Å²) in [7, 11) is -8.11. The van der Waals surface area contributed by atoms with Crippen LogP contribution in [0, 0.1) is 0 Å². The number of hydroxylamine groups is 2. The van der Waals surface area contributed by atoms with Gasteiger partial charge >= 0.3 is 0 Å². The van der Waals surface area contributed by atoms with Gasteiger partial charge in [0.25, 0.3) is 11.8 Å². The quantitative estimate of drug-likeness (QED) is 0.0360. The van der Waals surface area contributed by atoms with Crippen LogP contribution in [-0.4, -0.2) is 88.2 Å². The van der Waals surface area contributed by atoms with Crippen LogP contribution < -0.4 is 20.4 Å². The van der Waals surface area contributed by atoms with Gasteiger partial charge < -0.3 is 18.9 Å². The van der Waals surface area contributed by atoms with Crippen molar-refractivity contribution >= 4 is 74.3 Å². The van der Waals surface area contributed by atoms with Crippen molar-refractivity contribution in [2.75, 3.05) is 39.6 Å². The number of fused-ring (bicyclic) bond motifs is 2. The number of benzene rings is 6. The lowest BCUT2D eigenvalue weighted by Crippen LogP contribution is -2.54. The summed E-state index contributed by atoms with van der Waals surface area (Å²) in [4.78, 5) is 26.0. The number of amides is 2. The van der Waals surface area contributed by atoms with Gasteiger partial charge in [-0.2, -0.15) is 0 Å². The maximum absolute atomic E-state index is 13.4. The second-order valence-corrected chi connectivity index (χ2v) is 25.2. The number of carbonyl (C=O) groups excluding carboxylic acids is 2. The molecule has 76 heavy (non-hydrogen) atoms. The first kappa shape index (κ1) is 54.3. The number of sulfone groups is 2. The van der Waals surface area contributed by atoms with Crippen molar-refractivity contribution < 1.29 is 55.8 Å². The van der Waals surface area contributed by atoms with Crippen LogP contribution in [0.2, 0.25) is 0 Å². The monoisotopic (exact) mass is 1100 g/mol. The van der Waals surface area contributed by atoms with E-state index in [0.717, 1.165) is 25.7 Å². The topological polar surface area (TPSA) is 204 Å². The summed E-state index contributed by atoms with van der Waals surface area (Å²) in [5, 5.41) is 23.1. The Kier molecular flexibility index (Phi) is 17.3. The minimum Gasteiger partial charge on any atom is -0.494 e. The first-order chi connectivity index (χ1) is 36.9. The lowest BCUT2D eigenvalue weighted by molar-refractivity contribution is -0.135. The lowest BCUT2D eigenvalue weighted by Gasteiger charge is -2.34. The third kappa shape index (κ3) is 11.6. The lowest BCUT2D eigenvalue weighted by atomic mass is 9.98. The van der Waals surface area contributed by atoms with Crippen LogP contribution in [0.1, 0.15) is 49.7 Å². The highest BCUT2D eigenvalue weighted by molar-refractivity contribution is 7.94. The van der Waals surface area contributed by atoms with Gasteiger partial charge in [-0.05, 0) is 151 Å². The van der Waals surface area contributed by atoms with Gasteiger partial charge in [0.15, 0.2) is 29.2 Å². The predicted molar refractivity (Wildman–Crippen MR) is 295 cm³/mol. The zero-order chi connectivity index (χ0) is 53.2. The summed E-state index contributed by atoms with van der Waals surface area (Å²) in [5.41, 5.74) is 9.18. The van der Waals surface area contributed by atoms with Gasteiger partial charge in [0.2, 0.25) is 0 Å². The molecule has 2 amide bonds. The zero-order valence-electron chi connectivity index (χ0n) is 41.5. The average Bonchev–Trinajstić information content (AvgIpc) is 4.15. The fourth-order valence-corrected chi connectivity index (χ4v) is 15.7. The molecule has 2 fully saturated rings. The van der Waals surface area contributed by atoms with Crippen molar-refractivity contribution in [3.05, 3.63) is 168 Å². The maximum atomic E-state index is 13.4. The third-order valence-electron chi connectivity index (χ3n) is 14.0. The second-order valence-electron chi connectivity index (χ2n) is 18.6. The van der Waals surface area contributed by atoms with E-state index in [0.29, 0.717) is 24.7 Å². The number of ether oxygens (including phenoxy) is 4. The Hall–Kier alpha value is -6.48. The van der Waals surface area contributed by atoms with Gasteiger partial charge in [-0.3, -0.25) is 20.0 Å². The summed E-state index contributed by atoms with van der Waals surface area (Å²) in [6.07, 6.45) is 3.21. The number of rotatable bonds is 18. The molecule has 0 saturated carbocycles. The molecule has 4 N–H and O–H groups in total. The van der Waals surface area contributed by atoms with Crippen molar-refractivity contribution in [3.8, 4) is 33.1 Å². The molecule has 4 heterocycles. The van der Waals surface area contributed by atoms with Gasteiger partial charge in [0, 0.05) is 51.7 Å². The summed E-state index contributed by atoms with van der Waals surface area (Å²) in [6, 6.07) is 48.3. The molecular weight excluding hydrogens is 1040 g/mol. The molecule has 6 aromatic carbocycles. The Bertz CT molecular complexity index is 3470. The number of nitrogens with one attached hydrogen (secondary N) is 2. The summed E-state index contributed by atoms with van der Waals surface area (Å²) in [5.74, 6) is -0.763. The number of carbonyl (C=O) groups is 2. The minimum atomic E-state index is -4.06. The van der Waals surface area contributed by atoms with Crippen LogP contribution in [0.5, 0.6) is 11.5 Å². The van der Waals surface area contributed by atoms with E-state index in [2.05, 4.69) is 109 Å². The van der Waals surface area contributed by atoms with Gasteiger partial charge in [-0.25, -0.2) is 27.8 Å². The first-order valence-electron chi connectivity index (χ1n) is 25.0. The van der Waals surface area contributed by atoms with Crippen LogP contribution in [-0.2, 0) is 51.6 Å². The normalized spacial score (nSPS) is 15.3. The summed E-state index contributed by atoms with van der Waals surface area (Å²) in [6.45, 7) is 1.46. The molecule has 2 aromatic heterocycles. The molecule has 0 aliphatic carbocycles. The standard InChI is InChI=1S/2C29H29NO6S2/c31-28(30-32)29(14-17-35-18-15-29)38(33,34)24-12-10-23(11-13-24)36-16-4-6-21-5-3-7-22(19-21)26-20-37-27-9-2-1-8-25(26)27;31-28(30-32)29(14-17-35-18-15-29)38(33,34)25-12-10-24(11-13-25)36-16-4-6-21-5-3-8-22(19-21)27-20-23-7-1-2-9-26(23)37-27/h2*1-3,5,7-13,19-20,32H,4,6,14-18H2,(H,30,31). The molecular formula is C58H58N2O12S4. The Morgan fingerprint density at radius 3 is 1.54 bits per heavy atom. The maximum Gasteiger partial charge on any atom is 0.265 e. The average molecular weight is 1100 g/mol. The molecule has 0 radical (unpaired) electrons.